The van der Waals surface area contributed by atoms with Gasteiger partial charge in [-0.3, -0.25) is 52.7 Å². The fourth-order valence-electron chi connectivity index (χ4n) is 14.7. The fourth-order valence-corrected chi connectivity index (χ4v) is 14.7. The number of pyridine rings is 2. The molecule has 44 heteroatoms. The second-order valence-corrected chi connectivity index (χ2v) is 31.2. The number of fused-ring (bicyclic) bond motifs is 7. The summed E-state index contributed by atoms with van der Waals surface area (Å²) in [6.45, 7) is 10.1. The summed E-state index contributed by atoms with van der Waals surface area (Å²) in [6, 6.07) is 11.8. The average molecular weight is 1930 g/mol. The van der Waals surface area contributed by atoms with Crippen molar-refractivity contribution in [1.82, 2.24) is 52.1 Å². The topological polar surface area (TPSA) is 518 Å². The molecule has 137 heavy (non-hydrogen) atoms. The predicted octanol–water partition coefficient (Wildman–Crippen LogP) is 0.324. The highest BCUT2D eigenvalue weighted by Gasteiger charge is 2.46. The van der Waals surface area contributed by atoms with E-state index in [0.29, 0.717) is 204 Å². The molecule has 4 aliphatic rings. The van der Waals surface area contributed by atoms with E-state index < -0.39 is 127 Å². The predicted molar refractivity (Wildman–Crippen MR) is 486 cm³/mol. The van der Waals surface area contributed by atoms with Crippen LogP contribution in [0.4, 0.5) is 10.1 Å². The number of hydrogen-bond donors (Lipinski definition) is 9. The molecule has 0 bridgehead atoms. The number of cyclic esters (lactones) is 1. The fraction of sp³-hybridized carbons (Fsp3) is 0.581. The van der Waals surface area contributed by atoms with E-state index in [1.165, 1.54) is 22.8 Å². The summed E-state index contributed by atoms with van der Waals surface area (Å²) < 4.78 is 121. The van der Waals surface area contributed by atoms with E-state index in [1.807, 2.05) is 0 Å². The van der Waals surface area contributed by atoms with Crippen molar-refractivity contribution in [3.63, 3.8) is 0 Å². The van der Waals surface area contributed by atoms with Crippen molar-refractivity contribution in [3.8, 4) is 17.1 Å². The molecule has 3 atom stereocenters. The third-order valence-corrected chi connectivity index (χ3v) is 21.5. The number of benzene rings is 3. The van der Waals surface area contributed by atoms with E-state index in [9.17, 15) is 62.6 Å². The molecule has 754 valence electrons. The zero-order chi connectivity index (χ0) is 97.8. The van der Waals surface area contributed by atoms with Gasteiger partial charge in [-0.25, -0.2) is 19.1 Å². The van der Waals surface area contributed by atoms with Gasteiger partial charge in [-0.15, -0.1) is 0 Å². The molecule has 0 spiro atoms. The molecular weight excluding hydrogens is 1800 g/mol. The van der Waals surface area contributed by atoms with E-state index in [0.717, 1.165) is 22.6 Å². The SMILES string of the molecule is CC[C@@]1(O)C(=O)OCc2c1cc1n(c2=O)Cc2c-1nc1cc(F)c3c(c1c2[C@H](C)NC(=O)COCNC(=O)CNC(=O)[C@H](Cc1ccccc1)NC(=O)CNC(=O)CNC(=O)CCCOc1c(C(=O)NCCOCCOCCOCCOCCOCCOCCOCCOC)cc(N2C(=O)C=CC2=O)cc1C(=O)NCCOCCOCCOCCOCCOCCOCCOCCOC)CCC3. The molecule has 3 aliphatic heterocycles. The van der Waals surface area contributed by atoms with E-state index >= 15 is 4.39 Å². The van der Waals surface area contributed by atoms with Gasteiger partial charge in [0.1, 0.15) is 37.6 Å². The van der Waals surface area contributed by atoms with Gasteiger partial charge in [0, 0.05) is 74.9 Å². The zero-order valence-electron chi connectivity index (χ0n) is 78.1. The first-order valence-electron chi connectivity index (χ1n) is 45.8. The number of hydrogen-bond acceptors (Lipinski definition) is 33. The molecule has 0 unspecified atom stereocenters. The number of nitrogens with one attached hydrogen (secondary N) is 8. The van der Waals surface area contributed by atoms with Gasteiger partial charge in [-0.2, -0.15) is 0 Å². The molecule has 0 fully saturated rings. The Bertz CT molecular complexity index is 4730. The summed E-state index contributed by atoms with van der Waals surface area (Å²) in [6.07, 6.45) is 3.30. The van der Waals surface area contributed by atoms with Crippen LogP contribution in [0.5, 0.6) is 5.75 Å². The Morgan fingerprint density at radius 2 is 0.978 bits per heavy atom. The van der Waals surface area contributed by atoms with E-state index in [2.05, 4.69) is 42.5 Å². The second-order valence-electron chi connectivity index (χ2n) is 31.2. The molecular formula is C93H128FN11O32. The second kappa shape index (κ2) is 61.5. The number of methoxy groups -OCH3 is 2. The lowest BCUT2D eigenvalue weighted by Crippen LogP contribution is -2.52. The maximum absolute atomic E-state index is 15.8. The molecule has 0 saturated heterocycles. The van der Waals surface area contributed by atoms with Gasteiger partial charge in [0.2, 0.25) is 35.4 Å². The summed E-state index contributed by atoms with van der Waals surface area (Å²) in [5.41, 5.74) is 0.901. The highest BCUT2D eigenvalue weighted by Crippen LogP contribution is 2.45. The van der Waals surface area contributed by atoms with Crippen LogP contribution < -0.4 is 57.7 Å². The van der Waals surface area contributed by atoms with Gasteiger partial charge in [0.25, 0.3) is 29.2 Å². The number of aliphatic hydroxyl groups is 1. The number of amides is 10. The number of imide groups is 1. The van der Waals surface area contributed by atoms with Crippen LogP contribution in [0.25, 0.3) is 22.3 Å². The quantitative estimate of drug-likeness (QED) is 0.0107. The van der Waals surface area contributed by atoms with Gasteiger partial charge in [0.15, 0.2) is 5.60 Å². The van der Waals surface area contributed by atoms with Crippen molar-refractivity contribution in [3.05, 3.63) is 133 Å². The number of rotatable bonds is 73. The van der Waals surface area contributed by atoms with Gasteiger partial charge in [-0.05, 0) is 79.5 Å². The minimum Gasteiger partial charge on any atom is -0.492 e. The number of aryl methyl sites for hydroxylation is 1. The number of esters is 1. The molecule has 9 rings (SSSR count). The summed E-state index contributed by atoms with van der Waals surface area (Å²) in [5, 5.41) is 32.9. The van der Waals surface area contributed by atoms with Crippen molar-refractivity contribution in [1.29, 1.82) is 0 Å². The van der Waals surface area contributed by atoms with E-state index in [1.54, 1.807) is 64.5 Å². The molecule has 5 heterocycles. The summed E-state index contributed by atoms with van der Waals surface area (Å²) in [7, 11) is 3.22. The van der Waals surface area contributed by atoms with Crippen LogP contribution in [-0.4, -0.2) is 351 Å². The largest absolute Gasteiger partial charge is 0.492 e. The Hall–Kier alpha value is -10.9. The number of halogens is 1. The lowest BCUT2D eigenvalue weighted by atomic mass is 9.86. The van der Waals surface area contributed by atoms with Crippen LogP contribution in [0.3, 0.4) is 0 Å². The molecule has 3 aromatic carbocycles. The first-order valence-corrected chi connectivity index (χ1v) is 45.8. The van der Waals surface area contributed by atoms with Crippen LogP contribution >= 0.6 is 0 Å². The Morgan fingerprint density at radius 3 is 1.48 bits per heavy atom. The maximum atomic E-state index is 15.8. The van der Waals surface area contributed by atoms with E-state index in [-0.39, 0.29) is 151 Å². The third kappa shape index (κ3) is 36.1. The van der Waals surface area contributed by atoms with Gasteiger partial charge >= 0.3 is 5.97 Å². The van der Waals surface area contributed by atoms with Gasteiger partial charge < -0.3 is 142 Å². The van der Waals surface area contributed by atoms with Gasteiger partial charge in [-0.1, -0.05) is 37.3 Å². The van der Waals surface area contributed by atoms with Crippen LogP contribution in [0.2, 0.25) is 0 Å². The first kappa shape index (κ1) is 110. The normalized spacial score (nSPS) is 14.5. The summed E-state index contributed by atoms with van der Waals surface area (Å²) >= 11 is 0. The zero-order valence-corrected chi connectivity index (χ0v) is 78.1. The molecule has 2 aromatic heterocycles. The number of nitrogens with zero attached hydrogens (tertiary/aromatic N) is 3. The third-order valence-electron chi connectivity index (χ3n) is 21.5. The smallest absolute Gasteiger partial charge is 0.343 e. The number of aromatic nitrogens is 2. The number of ether oxygens (including phenoxy) is 19. The number of carbonyl (C=O) groups excluding carboxylic acids is 11. The molecule has 10 amide bonds. The lowest BCUT2D eigenvalue weighted by Gasteiger charge is -2.31. The Labute approximate surface area is 792 Å². The lowest BCUT2D eigenvalue weighted by molar-refractivity contribution is -0.172. The molecule has 1 aliphatic carbocycles. The number of anilines is 1. The standard InChI is InChI=1S/C93H128FN11O32/c1-5-93(118)72-54-76-86-70(59-104(76)91(116)71(72)60-137-92(93)117)84(85-67-14-9-13-66(67)73(94)55-74(85)103-86)63(2)101-81(110)61-135-62-100-79(108)57-99-90(115)75(51-64-11-7-6-8-12-64)102-80(109)58-98-78(107)56-97-77(106)15-10-20-136-87-68(88(113)95-18-21-121-27-29-125-35-37-129-43-45-133-49-47-131-41-39-127-33-31-123-25-23-119-3)52-65(105-82(111)16-17-83(105)112)53-69(87)89(114)96-19-22-122-28-30-126-36-38-130-44-46-134-50-48-132-42-40-128-34-32-124-26-24-120-4/h6-8,11-12,16-17,52-55,63,75,118H,5,9-10,13-15,18-51,56-62H2,1-4H3,(H,95,113)(H,96,114)(H,97,106)(H,98,107)(H,99,115)(H,100,108)(H,101,110)(H,102,109)/t63-,75-,93-/m0/s1. The van der Waals surface area contributed by atoms with E-state index in [4.69, 9.17) is 95.0 Å². The van der Waals surface area contributed by atoms with Crippen LogP contribution in [-0.2, 0) is 166 Å². The molecule has 0 saturated carbocycles. The average Bonchev–Trinajstić information content (AvgIpc) is 1.56. The van der Waals surface area contributed by atoms with Crippen LogP contribution in [0, 0.1) is 5.82 Å². The number of carbonyl (C=O) groups is 11. The van der Waals surface area contributed by atoms with Crippen LogP contribution in [0.15, 0.2) is 71.5 Å². The van der Waals surface area contributed by atoms with Crippen molar-refractivity contribution in [2.75, 3.05) is 270 Å². The van der Waals surface area contributed by atoms with Crippen LogP contribution in [0.1, 0.15) is 105 Å². The van der Waals surface area contributed by atoms with Crippen molar-refractivity contribution >= 4 is 81.6 Å². The molecule has 43 nitrogen and oxygen atoms in total. The maximum Gasteiger partial charge on any atom is 0.343 e. The highest BCUT2D eigenvalue weighted by atomic mass is 19.1. The summed E-state index contributed by atoms with van der Waals surface area (Å²) in [4.78, 5) is 168. The Balaban J connectivity index is 0.704. The van der Waals surface area contributed by atoms with Gasteiger partial charge in [0.05, 0.1) is 276 Å². The highest BCUT2D eigenvalue weighted by molar-refractivity contribution is 6.28. The van der Waals surface area contributed by atoms with Crippen molar-refractivity contribution in [2.45, 2.75) is 89.6 Å². The molecule has 9 N–H and O–H groups in total. The Morgan fingerprint density at radius 1 is 0.511 bits per heavy atom. The monoisotopic (exact) mass is 1930 g/mol. The minimum atomic E-state index is -2.09. The Kier molecular flexibility index (Phi) is 49.2. The minimum absolute atomic E-state index is 0.00272. The van der Waals surface area contributed by atoms with Crippen molar-refractivity contribution < 1.29 is 152 Å². The molecule has 5 aromatic rings. The van der Waals surface area contributed by atoms with Crippen molar-refractivity contribution in [2.24, 2.45) is 0 Å². The summed E-state index contributed by atoms with van der Waals surface area (Å²) in [5.74, 6) is -9.09. The first-order chi connectivity index (χ1) is 66.6. The molecule has 0 radical (unpaired) electrons.